The van der Waals surface area contributed by atoms with Crippen LogP contribution in [-0.2, 0) is 10.3 Å². The molecular formula is C18H16F2N2O6. The van der Waals surface area contributed by atoms with Gasteiger partial charge in [0.2, 0.25) is 17.1 Å². The summed E-state index contributed by atoms with van der Waals surface area (Å²) in [7, 11) is 0. The number of benzene rings is 1. The number of esters is 1. The summed E-state index contributed by atoms with van der Waals surface area (Å²) < 4.78 is 40.9. The Hall–Kier alpha value is -3.04. The highest BCUT2D eigenvalue weighted by molar-refractivity contribution is 5.99. The van der Waals surface area contributed by atoms with Crippen LogP contribution in [0.3, 0.4) is 0 Å². The minimum atomic E-state index is -1.79. The monoisotopic (exact) mass is 394 g/mol. The van der Waals surface area contributed by atoms with Gasteiger partial charge in [0, 0.05) is 18.2 Å². The Bertz CT molecular complexity index is 1090. The van der Waals surface area contributed by atoms with Gasteiger partial charge in [0.1, 0.15) is 16.5 Å². The van der Waals surface area contributed by atoms with Crippen molar-refractivity contribution in [2.45, 2.75) is 38.1 Å². The molecule has 1 saturated carbocycles. The number of carbonyl (C=O) groups is 1. The number of carbonyl (C=O) groups excluding carboxylic acids is 1. The van der Waals surface area contributed by atoms with Crippen molar-refractivity contribution in [3.63, 3.8) is 0 Å². The number of fused-ring (bicyclic) bond motifs is 1. The molecule has 8 nitrogen and oxygen atoms in total. The van der Waals surface area contributed by atoms with Crippen molar-refractivity contribution >= 4 is 22.6 Å². The van der Waals surface area contributed by atoms with E-state index in [-0.39, 0.29) is 18.7 Å². The lowest BCUT2D eigenvalue weighted by Crippen LogP contribution is -2.42. The average Bonchev–Trinajstić information content (AvgIpc) is 2.78. The summed E-state index contributed by atoms with van der Waals surface area (Å²) >= 11 is 0. The number of hydrogen-bond donors (Lipinski definition) is 0. The zero-order chi connectivity index (χ0) is 20.2. The summed E-state index contributed by atoms with van der Waals surface area (Å²) in [6.07, 6.45) is 3.83. The van der Waals surface area contributed by atoms with Gasteiger partial charge in [-0.15, -0.1) is 0 Å². The molecule has 0 radical (unpaired) electrons. The number of hydrogen-bond acceptors (Lipinski definition) is 6. The van der Waals surface area contributed by atoms with E-state index in [9.17, 15) is 28.5 Å². The van der Waals surface area contributed by atoms with Crippen LogP contribution in [0.1, 0.15) is 43.0 Å². The maximum atomic E-state index is 14.6. The van der Waals surface area contributed by atoms with Gasteiger partial charge in [-0.2, -0.15) is 8.78 Å². The fourth-order valence-electron chi connectivity index (χ4n) is 4.05. The molecule has 4 rings (SSSR count). The normalized spacial score (nSPS) is 17.0. The Balaban J connectivity index is 2.23. The third-order valence-corrected chi connectivity index (χ3v) is 5.55. The van der Waals surface area contributed by atoms with Crippen molar-refractivity contribution in [3.8, 4) is 5.75 Å². The topological polar surface area (TPSA) is 101 Å². The van der Waals surface area contributed by atoms with Crippen LogP contribution in [0, 0.1) is 21.7 Å². The molecule has 28 heavy (non-hydrogen) atoms. The molecular weight excluding hydrogens is 378 g/mol. The number of aromatic nitrogens is 1. The van der Waals surface area contributed by atoms with Crippen molar-refractivity contribution in [2.75, 3.05) is 13.2 Å². The fraction of sp³-hybridized carbons (Fsp3) is 0.444. The predicted octanol–water partition coefficient (Wildman–Crippen LogP) is 3.03. The van der Waals surface area contributed by atoms with Crippen LogP contribution in [0.2, 0.25) is 0 Å². The van der Waals surface area contributed by atoms with E-state index in [1.807, 2.05) is 0 Å². The predicted molar refractivity (Wildman–Crippen MR) is 92.7 cm³/mol. The molecule has 0 N–H and O–H groups in total. The highest BCUT2D eigenvalue weighted by Crippen LogP contribution is 2.48. The largest absolute Gasteiger partial charge is 0.488 e. The zero-order valence-electron chi connectivity index (χ0n) is 14.9. The minimum absolute atomic E-state index is 0.0182. The Labute approximate surface area is 156 Å². The van der Waals surface area contributed by atoms with E-state index in [0.717, 1.165) is 6.42 Å². The molecule has 0 amide bonds. The second-order valence-electron chi connectivity index (χ2n) is 6.93. The molecule has 0 bridgehead atoms. The summed E-state index contributed by atoms with van der Waals surface area (Å²) in [6, 6.07) is 0. The summed E-state index contributed by atoms with van der Waals surface area (Å²) in [6.45, 7) is 1.58. The lowest BCUT2D eigenvalue weighted by molar-refractivity contribution is -0.386. The molecule has 1 aromatic heterocycles. The first kappa shape index (κ1) is 18.3. The van der Waals surface area contributed by atoms with Crippen molar-refractivity contribution < 1.29 is 28.0 Å². The van der Waals surface area contributed by atoms with Crippen molar-refractivity contribution in [1.82, 2.24) is 4.57 Å². The van der Waals surface area contributed by atoms with Crippen LogP contribution in [-0.4, -0.2) is 28.7 Å². The molecule has 0 atom stereocenters. The highest BCUT2D eigenvalue weighted by atomic mass is 19.2. The summed E-state index contributed by atoms with van der Waals surface area (Å²) in [5, 5.41) is 10.8. The molecule has 1 aliphatic heterocycles. The number of rotatable bonds is 3. The maximum Gasteiger partial charge on any atom is 0.343 e. The van der Waals surface area contributed by atoms with E-state index in [0.29, 0.717) is 19.3 Å². The fourth-order valence-corrected chi connectivity index (χ4v) is 4.05. The first-order valence-electron chi connectivity index (χ1n) is 8.87. The second kappa shape index (κ2) is 6.25. The molecule has 0 unspecified atom stereocenters. The average molecular weight is 394 g/mol. The Kier molecular flexibility index (Phi) is 4.09. The second-order valence-corrected chi connectivity index (χ2v) is 6.93. The Morgan fingerprint density at radius 3 is 2.64 bits per heavy atom. The summed E-state index contributed by atoms with van der Waals surface area (Å²) in [4.78, 5) is 35.6. The van der Waals surface area contributed by atoms with Crippen molar-refractivity contribution in [1.29, 1.82) is 0 Å². The number of ether oxygens (including phenoxy) is 2. The molecule has 1 aromatic carbocycles. The van der Waals surface area contributed by atoms with Gasteiger partial charge in [-0.25, -0.2) is 4.79 Å². The van der Waals surface area contributed by atoms with Crippen LogP contribution in [0.5, 0.6) is 5.75 Å². The number of nitrogens with zero attached hydrogens (tertiary/aromatic N) is 2. The molecule has 10 heteroatoms. The summed E-state index contributed by atoms with van der Waals surface area (Å²) in [5.41, 5.74) is -3.63. The molecule has 2 aliphatic rings. The van der Waals surface area contributed by atoms with Gasteiger partial charge < -0.3 is 14.0 Å². The van der Waals surface area contributed by atoms with Crippen molar-refractivity contribution in [2.24, 2.45) is 0 Å². The third kappa shape index (κ3) is 2.33. The van der Waals surface area contributed by atoms with Crippen LogP contribution in [0.15, 0.2) is 11.0 Å². The lowest BCUT2D eigenvalue weighted by Gasteiger charge is -2.43. The van der Waals surface area contributed by atoms with Crippen molar-refractivity contribution in [3.05, 3.63) is 43.7 Å². The lowest BCUT2D eigenvalue weighted by atomic mass is 9.74. The smallest absolute Gasteiger partial charge is 0.343 e. The number of halogens is 2. The molecule has 148 valence electrons. The van der Waals surface area contributed by atoms with Gasteiger partial charge in [-0.05, 0) is 26.2 Å². The third-order valence-electron chi connectivity index (χ3n) is 5.55. The molecule has 1 spiro atoms. The van der Waals surface area contributed by atoms with Gasteiger partial charge in [0.25, 0.3) is 0 Å². The number of nitro benzene ring substituents is 1. The standard InChI is InChI=1S/C18H16F2N2O6/c1-2-27-17(24)9-8-21-14-10(15(9)23)13(22(25)26)11(19)12(20)16(14)28-7-6-18(21)4-3-5-18/h8H,2-7H2,1H3. The molecule has 1 aliphatic carbocycles. The molecule has 2 heterocycles. The molecule has 1 fully saturated rings. The van der Waals surface area contributed by atoms with E-state index in [2.05, 4.69) is 0 Å². The summed E-state index contributed by atoms with van der Waals surface area (Å²) in [5.74, 6) is -4.83. The first-order chi connectivity index (χ1) is 13.3. The van der Waals surface area contributed by atoms with Crippen LogP contribution in [0.25, 0.3) is 10.9 Å². The van der Waals surface area contributed by atoms with E-state index < -0.39 is 55.9 Å². The minimum Gasteiger partial charge on any atom is -0.488 e. The van der Waals surface area contributed by atoms with Gasteiger partial charge in [0.15, 0.2) is 5.75 Å². The van der Waals surface area contributed by atoms with Gasteiger partial charge in [0.05, 0.1) is 18.1 Å². The highest BCUT2D eigenvalue weighted by Gasteiger charge is 2.44. The van der Waals surface area contributed by atoms with E-state index in [1.54, 1.807) is 6.92 Å². The maximum absolute atomic E-state index is 14.6. The number of pyridine rings is 1. The molecule has 2 aromatic rings. The quantitative estimate of drug-likeness (QED) is 0.451. The van der Waals surface area contributed by atoms with Crippen LogP contribution >= 0.6 is 0 Å². The number of nitro groups is 1. The van der Waals surface area contributed by atoms with E-state index in [1.165, 1.54) is 10.8 Å². The van der Waals surface area contributed by atoms with Gasteiger partial charge >= 0.3 is 11.7 Å². The molecule has 0 saturated heterocycles. The van der Waals surface area contributed by atoms with E-state index >= 15 is 0 Å². The van der Waals surface area contributed by atoms with Gasteiger partial charge in [-0.3, -0.25) is 14.9 Å². The zero-order valence-corrected chi connectivity index (χ0v) is 14.9. The Morgan fingerprint density at radius 2 is 2.07 bits per heavy atom. The first-order valence-corrected chi connectivity index (χ1v) is 8.87. The SMILES string of the molecule is CCOC(=O)c1cn2c3c(c(F)c(F)c([N+](=O)[O-])c3c1=O)OCCC21CCC1. The van der Waals surface area contributed by atoms with Crippen LogP contribution < -0.4 is 10.2 Å². The Morgan fingerprint density at radius 1 is 1.36 bits per heavy atom. The van der Waals surface area contributed by atoms with Crippen LogP contribution in [0.4, 0.5) is 14.5 Å². The van der Waals surface area contributed by atoms with E-state index in [4.69, 9.17) is 9.47 Å². The van der Waals surface area contributed by atoms with Gasteiger partial charge in [-0.1, -0.05) is 0 Å².